The zero-order valence-electron chi connectivity index (χ0n) is 12.6. The average Bonchev–Trinajstić information content (AvgIpc) is 2.48. The van der Waals surface area contributed by atoms with Gasteiger partial charge in [-0.15, -0.1) is 0 Å². The summed E-state index contributed by atoms with van der Waals surface area (Å²) in [6, 6.07) is 9.45. The van der Waals surface area contributed by atoms with Crippen LogP contribution in [0, 0.1) is 0 Å². The van der Waals surface area contributed by atoms with Gasteiger partial charge >= 0.3 is 0 Å². The molecule has 3 nitrogen and oxygen atoms in total. The molecule has 3 rings (SSSR count). The van der Waals surface area contributed by atoms with Crippen LogP contribution in [0.5, 0.6) is 0 Å². The molecular weight excluding hydrogens is 330 g/mol. The molecule has 2 saturated heterocycles. The van der Waals surface area contributed by atoms with Crippen molar-refractivity contribution >= 4 is 15.9 Å². The molecule has 2 atom stereocenters. The van der Waals surface area contributed by atoms with Gasteiger partial charge < -0.3 is 14.8 Å². The van der Waals surface area contributed by atoms with E-state index in [4.69, 9.17) is 9.47 Å². The molecule has 4 heteroatoms. The van der Waals surface area contributed by atoms with Gasteiger partial charge in [-0.3, -0.25) is 0 Å². The van der Waals surface area contributed by atoms with Crippen LogP contribution in [0.25, 0.3) is 0 Å². The highest BCUT2D eigenvalue weighted by atomic mass is 79.9. The van der Waals surface area contributed by atoms with Crippen LogP contribution in [0.3, 0.4) is 0 Å². The summed E-state index contributed by atoms with van der Waals surface area (Å²) in [5.74, 6) is 0. The molecule has 0 bridgehead atoms. The summed E-state index contributed by atoms with van der Waals surface area (Å²) in [6.45, 7) is 4.79. The number of nitrogens with one attached hydrogen (secondary N) is 1. The van der Waals surface area contributed by atoms with Crippen molar-refractivity contribution in [2.45, 2.75) is 50.3 Å². The van der Waals surface area contributed by atoms with E-state index in [1.807, 2.05) is 0 Å². The van der Waals surface area contributed by atoms with Crippen molar-refractivity contribution in [3.63, 3.8) is 0 Å². The molecule has 2 aliphatic rings. The minimum atomic E-state index is 0.0607. The van der Waals surface area contributed by atoms with Gasteiger partial charge in [-0.25, -0.2) is 0 Å². The van der Waals surface area contributed by atoms with E-state index in [-0.39, 0.29) is 5.60 Å². The summed E-state index contributed by atoms with van der Waals surface area (Å²) in [5, 5.41) is 3.79. The average molecular weight is 354 g/mol. The Hall–Kier alpha value is -0.420. The highest BCUT2D eigenvalue weighted by Gasteiger charge is 2.39. The smallest absolute Gasteiger partial charge is 0.0741 e. The molecule has 0 amide bonds. The van der Waals surface area contributed by atoms with Crippen LogP contribution in [-0.4, -0.2) is 31.5 Å². The lowest BCUT2D eigenvalue weighted by Gasteiger charge is -2.44. The lowest BCUT2D eigenvalue weighted by Crippen LogP contribution is -2.50. The normalized spacial score (nSPS) is 26.7. The molecule has 1 N–H and O–H groups in total. The van der Waals surface area contributed by atoms with Gasteiger partial charge in [0.2, 0.25) is 0 Å². The van der Waals surface area contributed by atoms with E-state index in [9.17, 15) is 0 Å². The third kappa shape index (κ3) is 3.86. The zero-order chi connectivity index (χ0) is 14.7. The van der Waals surface area contributed by atoms with Crippen molar-refractivity contribution in [3.05, 3.63) is 34.3 Å². The van der Waals surface area contributed by atoms with Gasteiger partial charge in [0.1, 0.15) is 0 Å². The topological polar surface area (TPSA) is 30.5 Å². The second kappa shape index (κ2) is 6.78. The molecule has 1 unspecified atom stereocenters. The highest BCUT2D eigenvalue weighted by molar-refractivity contribution is 9.10. The number of ether oxygens (including phenoxy) is 2. The monoisotopic (exact) mass is 353 g/mol. The van der Waals surface area contributed by atoms with E-state index in [0.717, 1.165) is 50.0 Å². The van der Waals surface area contributed by atoms with Crippen LogP contribution >= 0.6 is 15.9 Å². The fourth-order valence-corrected chi connectivity index (χ4v) is 3.90. The number of rotatable bonds is 3. The molecule has 1 spiro atoms. The van der Waals surface area contributed by atoms with Gasteiger partial charge in [-0.2, -0.15) is 0 Å². The minimum Gasteiger partial charge on any atom is -0.381 e. The maximum absolute atomic E-state index is 6.12. The summed E-state index contributed by atoms with van der Waals surface area (Å²) >= 11 is 3.55. The van der Waals surface area contributed by atoms with Crippen LogP contribution in [0.1, 0.15) is 44.2 Å². The van der Waals surface area contributed by atoms with E-state index in [1.165, 1.54) is 5.56 Å². The Morgan fingerprint density at radius 3 is 2.86 bits per heavy atom. The predicted molar refractivity (Wildman–Crippen MR) is 87.5 cm³/mol. The molecule has 2 fully saturated rings. The number of hydrogen-bond donors (Lipinski definition) is 1. The van der Waals surface area contributed by atoms with Crippen LogP contribution < -0.4 is 5.32 Å². The Morgan fingerprint density at radius 1 is 1.29 bits per heavy atom. The van der Waals surface area contributed by atoms with Crippen molar-refractivity contribution < 1.29 is 9.47 Å². The van der Waals surface area contributed by atoms with Gasteiger partial charge in [-0.1, -0.05) is 28.1 Å². The van der Waals surface area contributed by atoms with E-state index < -0.39 is 0 Å². The van der Waals surface area contributed by atoms with Crippen LogP contribution in [-0.2, 0) is 9.47 Å². The Morgan fingerprint density at radius 2 is 2.10 bits per heavy atom. The first kappa shape index (κ1) is 15.5. The van der Waals surface area contributed by atoms with Crippen molar-refractivity contribution in [3.8, 4) is 0 Å². The SMILES string of the molecule is C[C@@H](NC1CCOC2(CCOCC2)C1)c1cccc(Br)c1. The Bertz CT molecular complexity index is 468. The quantitative estimate of drug-likeness (QED) is 0.895. The molecule has 0 aromatic heterocycles. The zero-order valence-corrected chi connectivity index (χ0v) is 14.2. The fraction of sp³-hybridized carbons (Fsp3) is 0.647. The molecule has 0 aliphatic carbocycles. The molecule has 116 valence electrons. The Balaban J connectivity index is 1.61. The van der Waals surface area contributed by atoms with E-state index in [1.54, 1.807) is 0 Å². The maximum Gasteiger partial charge on any atom is 0.0741 e. The number of benzene rings is 1. The van der Waals surface area contributed by atoms with Crippen molar-refractivity contribution in [1.82, 2.24) is 5.32 Å². The van der Waals surface area contributed by atoms with Crippen LogP contribution in [0.15, 0.2) is 28.7 Å². The third-order valence-corrected chi connectivity index (χ3v) is 5.22. The second-order valence-corrected chi connectivity index (χ2v) is 7.19. The van der Waals surface area contributed by atoms with Gasteiger partial charge in [0.05, 0.1) is 5.60 Å². The van der Waals surface area contributed by atoms with Gasteiger partial charge in [0.25, 0.3) is 0 Å². The van der Waals surface area contributed by atoms with E-state index in [2.05, 4.69) is 52.4 Å². The molecule has 2 heterocycles. The molecular formula is C17H24BrNO2. The largest absolute Gasteiger partial charge is 0.381 e. The molecule has 1 aromatic rings. The summed E-state index contributed by atoms with van der Waals surface area (Å²) < 4.78 is 12.7. The third-order valence-electron chi connectivity index (χ3n) is 4.73. The Labute approximate surface area is 135 Å². The van der Waals surface area contributed by atoms with Crippen molar-refractivity contribution in [2.24, 2.45) is 0 Å². The van der Waals surface area contributed by atoms with Gasteiger partial charge in [-0.05, 0) is 50.3 Å². The first-order chi connectivity index (χ1) is 10.2. The molecule has 2 aliphatic heterocycles. The maximum atomic E-state index is 6.12. The molecule has 0 saturated carbocycles. The van der Waals surface area contributed by atoms with E-state index in [0.29, 0.717) is 12.1 Å². The van der Waals surface area contributed by atoms with Crippen molar-refractivity contribution in [2.75, 3.05) is 19.8 Å². The van der Waals surface area contributed by atoms with E-state index >= 15 is 0 Å². The lowest BCUT2D eigenvalue weighted by atomic mass is 9.83. The predicted octanol–water partition coefficient (Wildman–Crippen LogP) is 3.83. The van der Waals surface area contributed by atoms with Gasteiger partial charge in [0, 0.05) is 36.4 Å². The van der Waals surface area contributed by atoms with Crippen LogP contribution in [0.2, 0.25) is 0 Å². The van der Waals surface area contributed by atoms with Crippen molar-refractivity contribution in [1.29, 1.82) is 0 Å². The Kier molecular flexibility index (Phi) is 4.99. The molecule has 0 radical (unpaired) electrons. The molecule has 1 aromatic carbocycles. The first-order valence-corrected chi connectivity index (χ1v) is 8.69. The standard InChI is InChI=1S/C17H24BrNO2/c1-13(14-3-2-4-15(18)11-14)19-16-5-8-21-17(12-16)6-9-20-10-7-17/h2-4,11,13,16,19H,5-10,12H2,1H3/t13-,16?/m1/s1. The minimum absolute atomic E-state index is 0.0607. The number of hydrogen-bond acceptors (Lipinski definition) is 3. The highest BCUT2D eigenvalue weighted by Crippen LogP contribution is 2.35. The summed E-state index contributed by atoms with van der Waals surface area (Å²) in [7, 11) is 0. The lowest BCUT2D eigenvalue weighted by molar-refractivity contribution is -0.140. The summed E-state index contributed by atoms with van der Waals surface area (Å²) in [4.78, 5) is 0. The molecule has 21 heavy (non-hydrogen) atoms. The fourth-order valence-electron chi connectivity index (χ4n) is 3.49. The summed E-state index contributed by atoms with van der Waals surface area (Å²) in [6.07, 6.45) is 4.28. The number of halogens is 1. The summed E-state index contributed by atoms with van der Waals surface area (Å²) in [5.41, 5.74) is 1.39. The van der Waals surface area contributed by atoms with Gasteiger partial charge in [0.15, 0.2) is 0 Å². The first-order valence-electron chi connectivity index (χ1n) is 7.90. The second-order valence-electron chi connectivity index (χ2n) is 6.28. The van der Waals surface area contributed by atoms with Crippen LogP contribution in [0.4, 0.5) is 0 Å².